The van der Waals surface area contributed by atoms with Crippen LogP contribution in [0.1, 0.15) is 13.8 Å². The van der Waals surface area contributed by atoms with Crippen molar-refractivity contribution in [1.29, 1.82) is 0 Å². The zero-order valence-corrected chi connectivity index (χ0v) is 14.0. The number of aromatic nitrogens is 2. The van der Waals surface area contributed by atoms with Crippen LogP contribution in [0.25, 0.3) is 22.0 Å². The molecule has 122 valence electrons. The zero-order valence-electron chi connectivity index (χ0n) is 14.0. The third-order valence-corrected chi connectivity index (χ3v) is 4.43. The normalized spacial score (nSPS) is 21.2. The van der Waals surface area contributed by atoms with Crippen molar-refractivity contribution in [1.82, 2.24) is 10.2 Å². The van der Waals surface area contributed by atoms with Crippen LogP contribution in [0.5, 0.6) is 0 Å². The summed E-state index contributed by atoms with van der Waals surface area (Å²) in [6.07, 6.45) is 0.395. The molecule has 0 N–H and O–H groups in total. The van der Waals surface area contributed by atoms with E-state index in [1.54, 1.807) is 0 Å². The Morgan fingerprint density at radius 2 is 1.46 bits per heavy atom. The van der Waals surface area contributed by atoms with Gasteiger partial charge in [-0.25, -0.2) is 0 Å². The Bertz CT molecular complexity index is 840. The minimum atomic E-state index is 0.197. The number of hydrogen-bond donors (Lipinski definition) is 0. The van der Waals surface area contributed by atoms with E-state index in [0.717, 1.165) is 40.9 Å². The molecule has 4 rings (SSSR count). The van der Waals surface area contributed by atoms with Gasteiger partial charge in [-0.2, -0.15) is 0 Å². The number of morpholine rings is 1. The van der Waals surface area contributed by atoms with Crippen molar-refractivity contribution in [2.75, 3.05) is 18.0 Å². The van der Waals surface area contributed by atoms with E-state index < -0.39 is 0 Å². The van der Waals surface area contributed by atoms with Crippen LogP contribution >= 0.6 is 0 Å². The Balaban J connectivity index is 1.84. The van der Waals surface area contributed by atoms with E-state index in [4.69, 9.17) is 4.74 Å². The second kappa shape index (κ2) is 6.21. The van der Waals surface area contributed by atoms with Crippen molar-refractivity contribution in [3.05, 3.63) is 54.6 Å². The van der Waals surface area contributed by atoms with Gasteiger partial charge in [0.25, 0.3) is 0 Å². The van der Waals surface area contributed by atoms with Gasteiger partial charge in [0.15, 0.2) is 5.82 Å². The van der Waals surface area contributed by atoms with Gasteiger partial charge < -0.3 is 9.64 Å². The van der Waals surface area contributed by atoms with Gasteiger partial charge in [0.1, 0.15) is 5.69 Å². The van der Waals surface area contributed by atoms with E-state index in [2.05, 4.69) is 65.3 Å². The average Bonchev–Trinajstić information content (AvgIpc) is 2.60. The minimum Gasteiger partial charge on any atom is -0.372 e. The topological polar surface area (TPSA) is 38.2 Å². The lowest BCUT2D eigenvalue weighted by atomic mass is 10.0. The predicted octanol–water partition coefficient (Wildman–Crippen LogP) is 3.91. The summed E-state index contributed by atoms with van der Waals surface area (Å²) < 4.78 is 5.85. The molecule has 2 atom stereocenters. The minimum absolute atomic E-state index is 0.197. The molecule has 0 amide bonds. The van der Waals surface area contributed by atoms with Crippen molar-refractivity contribution in [2.45, 2.75) is 26.1 Å². The number of benzene rings is 2. The number of ether oxygens (including phenoxy) is 1. The highest BCUT2D eigenvalue weighted by Gasteiger charge is 2.25. The first kappa shape index (κ1) is 15.1. The third kappa shape index (κ3) is 2.74. The van der Waals surface area contributed by atoms with Crippen LogP contribution in [0.2, 0.25) is 0 Å². The van der Waals surface area contributed by atoms with Gasteiger partial charge in [0.05, 0.1) is 12.2 Å². The van der Waals surface area contributed by atoms with E-state index in [0.29, 0.717) is 0 Å². The molecule has 24 heavy (non-hydrogen) atoms. The predicted molar refractivity (Wildman–Crippen MR) is 97.2 cm³/mol. The van der Waals surface area contributed by atoms with Crippen molar-refractivity contribution in [2.24, 2.45) is 0 Å². The lowest BCUT2D eigenvalue weighted by Crippen LogP contribution is -2.46. The van der Waals surface area contributed by atoms with Gasteiger partial charge in [-0.3, -0.25) is 0 Å². The van der Waals surface area contributed by atoms with Crippen LogP contribution in [-0.2, 0) is 4.74 Å². The molecule has 3 aromatic rings. The molecule has 1 aliphatic heterocycles. The molecule has 0 aliphatic carbocycles. The van der Waals surface area contributed by atoms with Gasteiger partial charge in [-0.05, 0) is 13.8 Å². The van der Waals surface area contributed by atoms with Crippen LogP contribution < -0.4 is 4.90 Å². The summed E-state index contributed by atoms with van der Waals surface area (Å²) in [7, 11) is 0. The van der Waals surface area contributed by atoms with Gasteiger partial charge in [-0.1, -0.05) is 54.6 Å². The number of hydrogen-bond acceptors (Lipinski definition) is 4. The highest BCUT2D eigenvalue weighted by atomic mass is 16.5. The SMILES string of the molecule is C[C@H]1CN(c2nnc(-c3ccccc3)c3ccccc23)C[C@H](C)O1. The molecule has 1 aromatic heterocycles. The smallest absolute Gasteiger partial charge is 0.159 e. The zero-order chi connectivity index (χ0) is 16.5. The molecule has 1 saturated heterocycles. The summed E-state index contributed by atoms with van der Waals surface area (Å²) in [6, 6.07) is 18.6. The Hall–Kier alpha value is -2.46. The molecule has 4 nitrogen and oxygen atoms in total. The molecule has 0 unspecified atom stereocenters. The van der Waals surface area contributed by atoms with E-state index >= 15 is 0 Å². The fourth-order valence-electron chi connectivity index (χ4n) is 3.48. The molecule has 2 heterocycles. The number of fused-ring (bicyclic) bond motifs is 1. The molecule has 0 bridgehead atoms. The third-order valence-electron chi connectivity index (χ3n) is 4.43. The summed E-state index contributed by atoms with van der Waals surface area (Å²) in [5, 5.41) is 11.5. The highest BCUT2D eigenvalue weighted by Crippen LogP contribution is 2.32. The summed E-state index contributed by atoms with van der Waals surface area (Å²) in [5.74, 6) is 0.951. The first-order chi connectivity index (χ1) is 11.7. The second-order valence-electron chi connectivity index (χ2n) is 6.45. The summed E-state index contributed by atoms with van der Waals surface area (Å²) in [5.41, 5.74) is 2.03. The lowest BCUT2D eigenvalue weighted by molar-refractivity contribution is -0.00540. The molecule has 0 spiro atoms. The largest absolute Gasteiger partial charge is 0.372 e. The molecule has 0 saturated carbocycles. The van der Waals surface area contributed by atoms with Gasteiger partial charge in [0.2, 0.25) is 0 Å². The standard InChI is InChI=1S/C20H21N3O/c1-14-12-23(13-15(2)24-14)20-18-11-7-6-10-17(18)19(21-22-20)16-8-4-3-5-9-16/h3-11,14-15H,12-13H2,1-2H3/t14-,15-/m0/s1. The van der Waals surface area contributed by atoms with Crippen molar-refractivity contribution in [3.63, 3.8) is 0 Å². The summed E-state index contributed by atoms with van der Waals surface area (Å²) >= 11 is 0. The quantitative estimate of drug-likeness (QED) is 0.718. The van der Waals surface area contributed by atoms with Crippen molar-refractivity contribution >= 4 is 16.6 Å². The Labute approximate surface area is 142 Å². The van der Waals surface area contributed by atoms with Crippen LogP contribution in [-0.4, -0.2) is 35.5 Å². The Kier molecular flexibility index (Phi) is 3.90. The maximum Gasteiger partial charge on any atom is 0.159 e. The Morgan fingerprint density at radius 1 is 0.833 bits per heavy atom. The van der Waals surface area contributed by atoms with Gasteiger partial charge >= 0.3 is 0 Å². The molecular weight excluding hydrogens is 298 g/mol. The van der Waals surface area contributed by atoms with Crippen LogP contribution in [0, 0.1) is 0 Å². The van der Waals surface area contributed by atoms with E-state index in [9.17, 15) is 0 Å². The molecule has 2 aromatic carbocycles. The van der Waals surface area contributed by atoms with Crippen molar-refractivity contribution in [3.8, 4) is 11.3 Å². The van der Waals surface area contributed by atoms with E-state index in [1.165, 1.54) is 0 Å². The number of nitrogens with zero attached hydrogens (tertiary/aromatic N) is 3. The summed E-state index contributed by atoms with van der Waals surface area (Å²) in [4.78, 5) is 2.29. The maximum atomic E-state index is 5.85. The summed E-state index contributed by atoms with van der Waals surface area (Å²) in [6.45, 7) is 5.90. The molecular formula is C20H21N3O. The van der Waals surface area contributed by atoms with E-state index in [1.807, 2.05) is 18.2 Å². The van der Waals surface area contributed by atoms with Crippen LogP contribution in [0.15, 0.2) is 54.6 Å². The molecule has 0 radical (unpaired) electrons. The van der Waals surface area contributed by atoms with Gasteiger partial charge in [-0.15, -0.1) is 10.2 Å². The fraction of sp³-hybridized carbons (Fsp3) is 0.300. The Morgan fingerprint density at radius 3 is 2.17 bits per heavy atom. The van der Waals surface area contributed by atoms with Gasteiger partial charge in [0, 0.05) is 29.4 Å². The molecule has 4 heteroatoms. The number of rotatable bonds is 2. The average molecular weight is 319 g/mol. The van der Waals surface area contributed by atoms with E-state index in [-0.39, 0.29) is 12.2 Å². The van der Waals surface area contributed by atoms with Crippen LogP contribution in [0.3, 0.4) is 0 Å². The first-order valence-corrected chi connectivity index (χ1v) is 8.43. The van der Waals surface area contributed by atoms with Crippen LogP contribution in [0.4, 0.5) is 5.82 Å². The molecule has 1 aliphatic rings. The second-order valence-corrected chi connectivity index (χ2v) is 6.45. The maximum absolute atomic E-state index is 5.85. The molecule has 1 fully saturated rings. The highest BCUT2D eigenvalue weighted by molar-refractivity contribution is 6.00. The van der Waals surface area contributed by atoms with Crippen molar-refractivity contribution < 1.29 is 4.74 Å². The fourth-order valence-corrected chi connectivity index (χ4v) is 3.48. The number of anilines is 1. The lowest BCUT2D eigenvalue weighted by Gasteiger charge is -2.36. The monoisotopic (exact) mass is 319 g/mol. The first-order valence-electron chi connectivity index (χ1n) is 8.43.